The lowest BCUT2D eigenvalue weighted by Crippen LogP contribution is -2.44. The Morgan fingerprint density at radius 2 is 1.97 bits per heavy atom. The summed E-state index contributed by atoms with van der Waals surface area (Å²) in [6, 6.07) is 3.54. The molecule has 1 aliphatic carbocycles. The number of hydrogen-bond acceptors (Lipinski definition) is 5. The van der Waals surface area contributed by atoms with Crippen LogP contribution in [0.4, 0.5) is 4.79 Å². The second kappa shape index (κ2) is 8.03. The Bertz CT molecular complexity index is 1040. The van der Waals surface area contributed by atoms with E-state index in [1.807, 2.05) is 36.5 Å². The molecule has 1 spiro atoms. The quantitative estimate of drug-likeness (QED) is 0.726. The normalized spacial score (nSPS) is 22.2. The molecule has 4 heterocycles. The van der Waals surface area contributed by atoms with Crippen molar-refractivity contribution >= 4 is 17.8 Å². The van der Waals surface area contributed by atoms with Gasteiger partial charge in [-0.2, -0.15) is 5.10 Å². The van der Waals surface area contributed by atoms with E-state index in [4.69, 9.17) is 0 Å². The molecule has 0 radical (unpaired) electrons. The molecule has 0 bridgehead atoms. The topological polar surface area (TPSA) is 100 Å². The second-order valence-corrected chi connectivity index (χ2v) is 9.05. The zero-order valence-corrected chi connectivity index (χ0v) is 18.3. The van der Waals surface area contributed by atoms with Crippen molar-refractivity contribution in [2.75, 3.05) is 13.1 Å². The van der Waals surface area contributed by atoms with E-state index in [2.05, 4.69) is 15.4 Å². The van der Waals surface area contributed by atoms with E-state index in [9.17, 15) is 14.4 Å². The molecule has 9 heteroatoms. The highest BCUT2D eigenvalue weighted by molar-refractivity contribution is 6.07. The van der Waals surface area contributed by atoms with Crippen molar-refractivity contribution in [1.29, 1.82) is 0 Å². The Morgan fingerprint density at radius 1 is 1.16 bits per heavy atom. The molecule has 5 rings (SSSR count). The third-order valence-electron chi connectivity index (χ3n) is 6.99. The van der Waals surface area contributed by atoms with Gasteiger partial charge in [0, 0.05) is 50.1 Å². The van der Waals surface area contributed by atoms with Crippen molar-refractivity contribution in [3.05, 3.63) is 36.4 Å². The maximum absolute atomic E-state index is 13.0. The Hall–Kier alpha value is -3.23. The van der Waals surface area contributed by atoms with Gasteiger partial charge in [-0.15, -0.1) is 0 Å². The molecule has 1 unspecified atom stereocenters. The molecule has 2 aromatic heterocycles. The molecule has 2 saturated heterocycles. The average molecular weight is 437 g/mol. The number of nitrogens with one attached hydrogen (secondary N) is 1. The maximum atomic E-state index is 13.0. The summed E-state index contributed by atoms with van der Waals surface area (Å²) in [5.41, 5.74) is 2.12. The van der Waals surface area contributed by atoms with Gasteiger partial charge < -0.3 is 10.2 Å². The van der Waals surface area contributed by atoms with Crippen molar-refractivity contribution in [1.82, 2.24) is 29.9 Å². The molecule has 168 valence electrons. The predicted octanol–water partition coefficient (Wildman–Crippen LogP) is 2.40. The molecule has 1 saturated carbocycles. The highest BCUT2D eigenvalue weighted by Crippen LogP contribution is 2.36. The first-order valence-corrected chi connectivity index (χ1v) is 11.4. The summed E-state index contributed by atoms with van der Waals surface area (Å²) in [5, 5.41) is 7.07. The van der Waals surface area contributed by atoms with Gasteiger partial charge in [0.2, 0.25) is 5.91 Å². The number of carbonyl (C=O) groups excluding carboxylic acids is 3. The van der Waals surface area contributed by atoms with Gasteiger partial charge in [0.1, 0.15) is 5.54 Å². The minimum absolute atomic E-state index is 0.0430. The molecular weight excluding hydrogens is 408 g/mol. The van der Waals surface area contributed by atoms with E-state index < -0.39 is 5.54 Å². The van der Waals surface area contributed by atoms with Crippen LogP contribution in [-0.4, -0.2) is 61.0 Å². The molecule has 1 atom stereocenters. The van der Waals surface area contributed by atoms with Gasteiger partial charge >= 0.3 is 6.03 Å². The monoisotopic (exact) mass is 436 g/mol. The van der Waals surface area contributed by atoms with Crippen LogP contribution in [0.15, 0.2) is 30.7 Å². The van der Waals surface area contributed by atoms with E-state index >= 15 is 0 Å². The third kappa shape index (κ3) is 3.55. The van der Waals surface area contributed by atoms with Gasteiger partial charge in [0.15, 0.2) is 0 Å². The molecule has 2 aromatic rings. The summed E-state index contributed by atoms with van der Waals surface area (Å²) in [7, 11) is 1.88. The first-order chi connectivity index (χ1) is 15.5. The van der Waals surface area contributed by atoms with Gasteiger partial charge in [-0.3, -0.25) is 24.2 Å². The standard InChI is InChI=1S/C23H28N6O3/c1-27-15-17(14-25-27)16-6-7-18(24-13-16)19-5-4-11-28(19)20(30)8-12-29-21(31)23(26-22(29)32)9-2-3-10-23/h6-7,13-15,19H,2-5,8-12H2,1H3,(H,26,32). The third-order valence-corrected chi connectivity index (χ3v) is 6.99. The van der Waals surface area contributed by atoms with Crippen LogP contribution in [0.1, 0.15) is 56.7 Å². The molecule has 1 N–H and O–H groups in total. The van der Waals surface area contributed by atoms with Crippen LogP contribution in [0, 0.1) is 0 Å². The highest BCUT2D eigenvalue weighted by atomic mass is 16.2. The predicted molar refractivity (Wildman–Crippen MR) is 116 cm³/mol. The number of aromatic nitrogens is 3. The van der Waals surface area contributed by atoms with E-state index in [1.165, 1.54) is 4.90 Å². The molecule has 0 aromatic carbocycles. The minimum Gasteiger partial charge on any atom is -0.334 e. The van der Waals surface area contributed by atoms with Gasteiger partial charge in [0.05, 0.1) is 17.9 Å². The maximum Gasteiger partial charge on any atom is 0.325 e. The number of pyridine rings is 1. The smallest absolute Gasteiger partial charge is 0.325 e. The zero-order valence-electron chi connectivity index (χ0n) is 18.3. The van der Waals surface area contributed by atoms with E-state index in [-0.39, 0.29) is 36.9 Å². The summed E-state index contributed by atoms with van der Waals surface area (Å²) < 4.78 is 1.75. The lowest BCUT2D eigenvalue weighted by atomic mass is 9.98. The minimum atomic E-state index is -0.726. The highest BCUT2D eigenvalue weighted by Gasteiger charge is 2.52. The first kappa shape index (κ1) is 20.7. The zero-order chi connectivity index (χ0) is 22.3. The van der Waals surface area contributed by atoms with Crippen LogP contribution < -0.4 is 5.32 Å². The number of carbonyl (C=O) groups is 3. The van der Waals surface area contributed by atoms with Crippen molar-refractivity contribution < 1.29 is 14.4 Å². The van der Waals surface area contributed by atoms with Crippen LogP contribution in [-0.2, 0) is 16.6 Å². The van der Waals surface area contributed by atoms with Crippen LogP contribution in [0.3, 0.4) is 0 Å². The lowest BCUT2D eigenvalue weighted by molar-refractivity contribution is -0.134. The number of hydrogen-bond donors (Lipinski definition) is 1. The average Bonchev–Trinajstić information content (AvgIpc) is 3.57. The first-order valence-electron chi connectivity index (χ1n) is 11.4. The van der Waals surface area contributed by atoms with Crippen molar-refractivity contribution in [3.63, 3.8) is 0 Å². The Morgan fingerprint density at radius 3 is 2.66 bits per heavy atom. The number of urea groups is 1. The molecular formula is C23H28N6O3. The van der Waals surface area contributed by atoms with Gasteiger partial charge in [0.25, 0.3) is 5.91 Å². The fraction of sp³-hybridized carbons (Fsp3) is 0.522. The SMILES string of the molecule is Cn1cc(-c2ccc(C3CCCN3C(=O)CCN3C(=O)NC4(CCCC4)C3=O)nc2)cn1. The van der Waals surface area contributed by atoms with Gasteiger partial charge in [-0.05, 0) is 31.7 Å². The van der Waals surface area contributed by atoms with Crippen LogP contribution >= 0.6 is 0 Å². The molecule has 32 heavy (non-hydrogen) atoms. The Balaban J connectivity index is 1.23. The van der Waals surface area contributed by atoms with E-state index in [0.717, 1.165) is 42.5 Å². The molecule has 9 nitrogen and oxygen atoms in total. The molecule has 4 amide bonds. The number of rotatable bonds is 5. The number of imide groups is 1. The Labute approximate surface area is 186 Å². The van der Waals surface area contributed by atoms with Crippen LogP contribution in [0.2, 0.25) is 0 Å². The number of amides is 4. The molecule has 3 fully saturated rings. The fourth-order valence-corrected chi connectivity index (χ4v) is 5.26. The summed E-state index contributed by atoms with van der Waals surface area (Å²) >= 11 is 0. The molecule has 3 aliphatic rings. The van der Waals surface area contributed by atoms with Crippen molar-refractivity contribution in [2.24, 2.45) is 7.05 Å². The van der Waals surface area contributed by atoms with Crippen molar-refractivity contribution in [2.45, 2.75) is 56.5 Å². The van der Waals surface area contributed by atoms with Crippen LogP contribution in [0.25, 0.3) is 11.1 Å². The summed E-state index contributed by atoms with van der Waals surface area (Å²) in [4.78, 5) is 45.9. The lowest BCUT2D eigenvalue weighted by Gasteiger charge is -2.25. The van der Waals surface area contributed by atoms with E-state index in [1.54, 1.807) is 10.9 Å². The van der Waals surface area contributed by atoms with E-state index in [0.29, 0.717) is 19.4 Å². The summed E-state index contributed by atoms with van der Waals surface area (Å²) in [6.45, 7) is 0.793. The Kier molecular flexibility index (Phi) is 5.19. The van der Waals surface area contributed by atoms with Crippen molar-refractivity contribution in [3.8, 4) is 11.1 Å². The molecule has 2 aliphatic heterocycles. The second-order valence-electron chi connectivity index (χ2n) is 9.05. The summed E-state index contributed by atoms with van der Waals surface area (Å²) in [6.07, 6.45) is 10.7. The number of nitrogens with zero attached hydrogens (tertiary/aromatic N) is 5. The van der Waals surface area contributed by atoms with Gasteiger partial charge in [-0.1, -0.05) is 18.9 Å². The number of aryl methyl sites for hydroxylation is 1. The summed E-state index contributed by atoms with van der Waals surface area (Å²) in [5.74, 6) is -0.211. The number of likely N-dealkylation sites (tertiary alicyclic amines) is 1. The van der Waals surface area contributed by atoms with Crippen LogP contribution in [0.5, 0.6) is 0 Å². The largest absolute Gasteiger partial charge is 0.334 e. The van der Waals surface area contributed by atoms with Gasteiger partial charge in [-0.25, -0.2) is 4.79 Å². The fourth-order valence-electron chi connectivity index (χ4n) is 5.26.